The molecule has 0 radical (unpaired) electrons. The van der Waals surface area contributed by atoms with E-state index in [1.165, 1.54) is 5.56 Å². The van der Waals surface area contributed by atoms with E-state index in [4.69, 9.17) is 4.52 Å². The molecule has 1 aliphatic rings. The van der Waals surface area contributed by atoms with Crippen LogP contribution in [0.3, 0.4) is 0 Å². The largest absolute Gasteiger partial charge is 0.361 e. The van der Waals surface area contributed by atoms with Gasteiger partial charge in [-0.25, -0.2) is 0 Å². The number of likely N-dealkylation sites (tertiary alicyclic amines) is 1. The second-order valence-electron chi connectivity index (χ2n) is 8.03. The van der Waals surface area contributed by atoms with Crippen LogP contribution in [0.5, 0.6) is 0 Å². The van der Waals surface area contributed by atoms with Crippen LogP contribution in [0.1, 0.15) is 31.1 Å². The van der Waals surface area contributed by atoms with Gasteiger partial charge in [-0.15, -0.1) is 0 Å². The molecule has 0 aliphatic carbocycles. The number of carbonyl (C=O) groups excluding carboxylic acids is 1. The summed E-state index contributed by atoms with van der Waals surface area (Å²) in [5.74, 6) is 0.855. The summed E-state index contributed by atoms with van der Waals surface area (Å²) in [6.07, 6.45) is 5.99. The fourth-order valence-corrected chi connectivity index (χ4v) is 4.34. The maximum Gasteiger partial charge on any atom is 0.227 e. The molecular formula is C24H28N4O2. The van der Waals surface area contributed by atoms with Crippen LogP contribution in [0.15, 0.2) is 65.4 Å². The monoisotopic (exact) mass is 404 g/mol. The first-order valence-corrected chi connectivity index (χ1v) is 10.6. The molecule has 1 atom stereocenters. The Morgan fingerprint density at radius 3 is 2.77 bits per heavy atom. The van der Waals surface area contributed by atoms with Crippen LogP contribution in [-0.2, 0) is 17.8 Å². The Morgan fingerprint density at radius 2 is 2.00 bits per heavy atom. The van der Waals surface area contributed by atoms with E-state index in [2.05, 4.69) is 20.4 Å². The summed E-state index contributed by atoms with van der Waals surface area (Å²) in [6.45, 7) is 5.08. The van der Waals surface area contributed by atoms with Gasteiger partial charge in [0.05, 0.1) is 5.41 Å². The second-order valence-corrected chi connectivity index (χ2v) is 8.03. The number of benzene rings is 1. The predicted molar refractivity (Wildman–Crippen MR) is 116 cm³/mol. The molecule has 0 unspecified atom stereocenters. The maximum absolute atomic E-state index is 13.2. The van der Waals surface area contributed by atoms with Crippen molar-refractivity contribution < 1.29 is 9.32 Å². The van der Waals surface area contributed by atoms with Crippen LogP contribution >= 0.6 is 0 Å². The van der Waals surface area contributed by atoms with Crippen LogP contribution in [0.4, 0.5) is 0 Å². The minimum atomic E-state index is -0.519. The van der Waals surface area contributed by atoms with Gasteiger partial charge in [0.1, 0.15) is 11.5 Å². The number of piperidine rings is 1. The first kappa shape index (κ1) is 20.3. The lowest BCUT2D eigenvalue weighted by molar-refractivity contribution is -0.134. The summed E-state index contributed by atoms with van der Waals surface area (Å²) < 4.78 is 5.67. The van der Waals surface area contributed by atoms with E-state index in [0.717, 1.165) is 42.9 Å². The van der Waals surface area contributed by atoms with E-state index in [9.17, 15) is 4.79 Å². The lowest BCUT2D eigenvalue weighted by Crippen LogP contribution is -2.52. The molecule has 0 bridgehead atoms. The van der Waals surface area contributed by atoms with Crippen LogP contribution in [0, 0.1) is 5.41 Å². The fraction of sp³-hybridized carbons (Fsp3) is 0.375. The lowest BCUT2D eigenvalue weighted by atomic mass is 9.75. The summed E-state index contributed by atoms with van der Waals surface area (Å²) in [5, 5.41) is 7.31. The number of aromatic nitrogens is 2. The van der Waals surface area contributed by atoms with Crippen LogP contribution in [0.25, 0.3) is 11.3 Å². The number of nitrogens with one attached hydrogen (secondary N) is 1. The predicted octanol–water partition coefficient (Wildman–Crippen LogP) is 3.70. The lowest BCUT2D eigenvalue weighted by Gasteiger charge is -2.41. The molecule has 1 aliphatic heterocycles. The summed E-state index contributed by atoms with van der Waals surface area (Å²) in [6, 6.07) is 16.0. The van der Waals surface area contributed by atoms with Crippen molar-refractivity contribution in [3.63, 3.8) is 0 Å². The molecule has 6 nitrogen and oxygen atoms in total. The van der Waals surface area contributed by atoms with Crippen molar-refractivity contribution in [2.24, 2.45) is 5.41 Å². The molecule has 3 heterocycles. The van der Waals surface area contributed by atoms with Gasteiger partial charge < -0.3 is 9.84 Å². The zero-order valence-corrected chi connectivity index (χ0v) is 17.4. The van der Waals surface area contributed by atoms with E-state index in [1.807, 2.05) is 67.8 Å². The molecule has 1 amide bonds. The van der Waals surface area contributed by atoms with Crippen molar-refractivity contribution >= 4 is 5.91 Å². The van der Waals surface area contributed by atoms with Crippen LogP contribution in [0.2, 0.25) is 0 Å². The SMILES string of the molecule is CCNC(=O)[C@]1(Cc2cc(-c3ccccc3)no2)CCCN(Cc2ccncc2)C1. The molecule has 4 rings (SSSR count). The fourth-order valence-electron chi connectivity index (χ4n) is 4.34. The molecule has 3 aromatic rings. The molecular weight excluding hydrogens is 376 g/mol. The van der Waals surface area contributed by atoms with Crippen molar-refractivity contribution in [2.45, 2.75) is 32.7 Å². The van der Waals surface area contributed by atoms with Gasteiger partial charge in [0.2, 0.25) is 5.91 Å². The molecule has 1 aromatic carbocycles. The zero-order valence-electron chi connectivity index (χ0n) is 17.4. The topological polar surface area (TPSA) is 71.3 Å². The van der Waals surface area contributed by atoms with E-state index in [1.54, 1.807) is 0 Å². The number of amides is 1. The number of hydrogen-bond acceptors (Lipinski definition) is 5. The smallest absolute Gasteiger partial charge is 0.227 e. The molecule has 1 N–H and O–H groups in total. The number of hydrogen-bond donors (Lipinski definition) is 1. The summed E-state index contributed by atoms with van der Waals surface area (Å²) >= 11 is 0. The van der Waals surface area contributed by atoms with Gasteiger partial charge in [0.15, 0.2) is 0 Å². The van der Waals surface area contributed by atoms with Crippen molar-refractivity contribution in [3.05, 3.63) is 72.2 Å². The molecule has 1 fully saturated rings. The highest BCUT2D eigenvalue weighted by molar-refractivity contribution is 5.83. The van der Waals surface area contributed by atoms with E-state index < -0.39 is 5.41 Å². The Labute approximate surface area is 177 Å². The highest BCUT2D eigenvalue weighted by Gasteiger charge is 2.43. The second kappa shape index (κ2) is 9.22. The van der Waals surface area contributed by atoms with E-state index in [0.29, 0.717) is 19.5 Å². The van der Waals surface area contributed by atoms with Gasteiger partial charge in [-0.3, -0.25) is 14.7 Å². The Balaban J connectivity index is 1.55. The standard InChI is InChI=1S/C24H28N4O2/c1-2-26-23(29)24(11-6-14-28(18-24)17-19-9-12-25-13-10-19)16-21-15-22(27-30-21)20-7-4-3-5-8-20/h3-5,7-10,12-13,15H,2,6,11,14,16-18H2,1H3,(H,26,29)/t24-/m0/s1. The third kappa shape index (κ3) is 4.60. The average molecular weight is 405 g/mol. The molecule has 0 spiro atoms. The average Bonchev–Trinajstić information content (AvgIpc) is 3.24. The van der Waals surface area contributed by atoms with Gasteiger partial charge in [0.25, 0.3) is 0 Å². The third-order valence-electron chi connectivity index (χ3n) is 5.77. The molecule has 1 saturated heterocycles. The first-order chi connectivity index (χ1) is 14.7. The number of nitrogens with zero attached hydrogens (tertiary/aromatic N) is 3. The summed E-state index contributed by atoms with van der Waals surface area (Å²) in [7, 11) is 0. The Hall–Kier alpha value is -2.99. The first-order valence-electron chi connectivity index (χ1n) is 10.6. The summed E-state index contributed by atoms with van der Waals surface area (Å²) in [4.78, 5) is 19.7. The van der Waals surface area contributed by atoms with Gasteiger partial charge >= 0.3 is 0 Å². The van der Waals surface area contributed by atoms with Gasteiger partial charge in [-0.05, 0) is 44.0 Å². The van der Waals surface area contributed by atoms with Gasteiger partial charge in [-0.2, -0.15) is 0 Å². The number of carbonyl (C=O) groups is 1. The van der Waals surface area contributed by atoms with Gasteiger partial charge in [-0.1, -0.05) is 35.5 Å². The Kier molecular flexibility index (Phi) is 6.23. The minimum absolute atomic E-state index is 0.0992. The molecule has 156 valence electrons. The normalized spacial score (nSPS) is 19.5. The Bertz CT molecular complexity index is 958. The van der Waals surface area contributed by atoms with Crippen molar-refractivity contribution in [2.75, 3.05) is 19.6 Å². The molecule has 0 saturated carbocycles. The Morgan fingerprint density at radius 1 is 1.20 bits per heavy atom. The van der Waals surface area contributed by atoms with Crippen LogP contribution in [-0.4, -0.2) is 40.6 Å². The molecule has 2 aromatic heterocycles. The third-order valence-corrected chi connectivity index (χ3v) is 5.77. The minimum Gasteiger partial charge on any atom is -0.361 e. The van der Waals surface area contributed by atoms with E-state index in [-0.39, 0.29) is 5.91 Å². The van der Waals surface area contributed by atoms with Gasteiger partial charge in [0, 0.05) is 50.1 Å². The molecule has 6 heteroatoms. The maximum atomic E-state index is 13.2. The molecule has 30 heavy (non-hydrogen) atoms. The zero-order chi connectivity index (χ0) is 20.8. The number of rotatable bonds is 7. The van der Waals surface area contributed by atoms with E-state index >= 15 is 0 Å². The van der Waals surface area contributed by atoms with Crippen molar-refractivity contribution in [1.29, 1.82) is 0 Å². The quantitative estimate of drug-likeness (QED) is 0.650. The highest BCUT2D eigenvalue weighted by atomic mass is 16.5. The number of pyridine rings is 1. The van der Waals surface area contributed by atoms with Crippen LogP contribution < -0.4 is 5.32 Å². The van der Waals surface area contributed by atoms with Crippen molar-refractivity contribution in [1.82, 2.24) is 20.4 Å². The summed E-state index contributed by atoms with van der Waals surface area (Å²) in [5.41, 5.74) is 2.51. The van der Waals surface area contributed by atoms with Crippen molar-refractivity contribution in [3.8, 4) is 11.3 Å². The highest BCUT2D eigenvalue weighted by Crippen LogP contribution is 2.35.